The number of anilines is 1. The number of nitrogens with one attached hydrogen (secondary N) is 1. The van der Waals surface area contributed by atoms with E-state index >= 15 is 0 Å². The molecule has 1 N–H and O–H groups in total. The number of oxime groups is 1. The van der Waals surface area contributed by atoms with Gasteiger partial charge in [-0.3, -0.25) is 9.59 Å². The van der Waals surface area contributed by atoms with Gasteiger partial charge in [0.2, 0.25) is 0 Å². The maximum atomic E-state index is 13.9. The molecule has 5 rings (SSSR count). The number of nitrogens with zero attached hydrogens (tertiary/aromatic N) is 2. The van der Waals surface area contributed by atoms with Crippen molar-refractivity contribution < 1.29 is 19.2 Å². The van der Waals surface area contributed by atoms with Crippen LogP contribution >= 0.6 is 0 Å². The van der Waals surface area contributed by atoms with Crippen molar-refractivity contribution in [1.29, 1.82) is 5.26 Å². The molecule has 2 atom stereocenters. The van der Waals surface area contributed by atoms with E-state index in [2.05, 4.69) is 10.5 Å². The first kappa shape index (κ1) is 20.5. The maximum absolute atomic E-state index is 13.9. The average Bonchev–Trinajstić information content (AvgIpc) is 3.37. The van der Waals surface area contributed by atoms with Gasteiger partial charge in [-0.15, -0.1) is 0 Å². The van der Waals surface area contributed by atoms with E-state index in [4.69, 9.17) is 14.8 Å². The zero-order valence-corrected chi connectivity index (χ0v) is 17.7. The van der Waals surface area contributed by atoms with Gasteiger partial charge in [0.25, 0.3) is 11.5 Å². The van der Waals surface area contributed by atoms with Crippen molar-refractivity contribution in [1.82, 2.24) is 0 Å². The first-order chi connectivity index (χ1) is 16.1. The predicted octanol–water partition coefficient (Wildman–Crippen LogP) is 3.98. The number of ketones is 1. The van der Waals surface area contributed by atoms with E-state index in [0.29, 0.717) is 28.1 Å². The molecular weight excluding hydrogens is 418 g/mol. The van der Waals surface area contributed by atoms with Crippen molar-refractivity contribution in [2.24, 2.45) is 11.1 Å². The van der Waals surface area contributed by atoms with Crippen LogP contribution in [-0.4, -0.2) is 24.0 Å². The largest absolute Gasteiger partial charge is 0.478 e. The molecule has 0 fully saturated rings. The summed E-state index contributed by atoms with van der Waals surface area (Å²) >= 11 is 0. The molecule has 162 valence electrons. The van der Waals surface area contributed by atoms with E-state index in [-0.39, 0.29) is 18.1 Å². The van der Waals surface area contributed by atoms with Crippen molar-refractivity contribution in [2.75, 3.05) is 11.9 Å². The Balaban J connectivity index is 1.69. The lowest BCUT2D eigenvalue weighted by atomic mass is 9.74. The van der Waals surface area contributed by atoms with E-state index in [1.807, 2.05) is 25.1 Å². The first-order valence-corrected chi connectivity index (χ1v) is 10.4. The monoisotopic (exact) mass is 437 g/mol. The van der Waals surface area contributed by atoms with E-state index in [9.17, 15) is 9.59 Å². The Hall–Kier alpha value is -4.44. The van der Waals surface area contributed by atoms with Gasteiger partial charge in [-0.05, 0) is 25.1 Å². The van der Waals surface area contributed by atoms with Crippen LogP contribution in [0.5, 0.6) is 5.75 Å². The Labute approximate surface area is 190 Å². The predicted molar refractivity (Wildman–Crippen MR) is 121 cm³/mol. The average molecular weight is 437 g/mol. The van der Waals surface area contributed by atoms with Crippen molar-refractivity contribution >= 4 is 23.1 Å². The summed E-state index contributed by atoms with van der Waals surface area (Å²) in [5.41, 5.74) is 1.71. The normalized spacial score (nSPS) is 20.4. The molecule has 0 radical (unpaired) electrons. The van der Waals surface area contributed by atoms with Gasteiger partial charge in [0.05, 0.1) is 0 Å². The Bertz CT molecular complexity index is 1340. The highest BCUT2D eigenvalue weighted by atomic mass is 16.7. The number of carbonyl (C=O) groups excluding carboxylic acids is 2. The molecule has 7 nitrogen and oxygen atoms in total. The van der Waals surface area contributed by atoms with Crippen LogP contribution in [-0.2, 0) is 15.2 Å². The smallest absolute Gasteiger partial charge is 0.277 e. The van der Waals surface area contributed by atoms with Crippen LogP contribution in [0.15, 0.2) is 78.0 Å². The number of carbonyl (C=O) groups is 2. The number of Topliss-reactive ketones (excluding diaryl/α,β-unsaturated/α-hetero) is 1. The van der Waals surface area contributed by atoms with E-state index in [0.717, 1.165) is 5.56 Å². The molecule has 2 aliphatic rings. The molecule has 3 aromatic carbocycles. The van der Waals surface area contributed by atoms with Crippen molar-refractivity contribution in [2.45, 2.75) is 12.5 Å². The molecule has 2 heterocycles. The zero-order valence-electron chi connectivity index (χ0n) is 17.7. The van der Waals surface area contributed by atoms with Crippen molar-refractivity contribution in [3.05, 3.63) is 95.1 Å². The number of amides is 1. The lowest BCUT2D eigenvalue weighted by Gasteiger charge is -2.27. The van der Waals surface area contributed by atoms with Gasteiger partial charge < -0.3 is 14.9 Å². The van der Waals surface area contributed by atoms with Gasteiger partial charge in [-0.1, -0.05) is 65.3 Å². The number of rotatable bonds is 5. The van der Waals surface area contributed by atoms with Gasteiger partial charge in [-0.2, -0.15) is 5.26 Å². The standard InChI is InChI=1S/C26H19N3O4/c1-16-10-12-17(13-11-16)24(30)22-23(18-6-2-5-9-21(18)32-15-14-27)29-33-26(22)19-7-3-4-8-20(19)28-25(26)31/h2-13,22H,15H2,1H3,(H,28,31)/t22-,26-/m1/s1. The third-order valence-electron chi connectivity index (χ3n) is 5.93. The van der Waals surface area contributed by atoms with E-state index < -0.39 is 17.4 Å². The minimum absolute atomic E-state index is 0.170. The van der Waals surface area contributed by atoms with Crippen LogP contribution in [0.1, 0.15) is 27.0 Å². The summed E-state index contributed by atoms with van der Waals surface area (Å²) in [6.45, 7) is 1.76. The molecule has 2 aliphatic heterocycles. The number of benzene rings is 3. The Kier molecular flexibility index (Phi) is 4.91. The highest BCUT2D eigenvalue weighted by Gasteiger charge is 2.63. The summed E-state index contributed by atoms with van der Waals surface area (Å²) in [4.78, 5) is 33.2. The Morgan fingerprint density at radius 3 is 2.64 bits per heavy atom. The maximum Gasteiger partial charge on any atom is 0.277 e. The summed E-state index contributed by atoms with van der Waals surface area (Å²) in [7, 11) is 0. The Morgan fingerprint density at radius 2 is 1.85 bits per heavy atom. The molecule has 0 saturated carbocycles. The number of hydrogen-bond donors (Lipinski definition) is 1. The molecule has 0 aromatic heterocycles. The molecule has 7 heteroatoms. The highest BCUT2D eigenvalue weighted by molar-refractivity contribution is 6.25. The van der Waals surface area contributed by atoms with Crippen LogP contribution < -0.4 is 10.1 Å². The molecule has 1 amide bonds. The lowest BCUT2D eigenvalue weighted by molar-refractivity contribution is -0.140. The molecular formula is C26H19N3O4. The minimum Gasteiger partial charge on any atom is -0.478 e. The summed E-state index contributed by atoms with van der Waals surface area (Å²) in [5.74, 6) is -1.43. The van der Waals surface area contributed by atoms with Gasteiger partial charge in [0, 0.05) is 22.4 Å². The lowest BCUT2D eigenvalue weighted by Crippen LogP contribution is -2.46. The summed E-state index contributed by atoms with van der Waals surface area (Å²) in [6, 6.07) is 23.2. The first-order valence-electron chi connectivity index (χ1n) is 10.4. The number of aryl methyl sites for hydroxylation is 1. The van der Waals surface area contributed by atoms with Crippen LogP contribution in [0.4, 0.5) is 5.69 Å². The summed E-state index contributed by atoms with van der Waals surface area (Å²) < 4.78 is 5.59. The second kappa shape index (κ2) is 7.92. The van der Waals surface area contributed by atoms with Crippen molar-refractivity contribution in [3.63, 3.8) is 0 Å². The topological polar surface area (TPSA) is 101 Å². The van der Waals surface area contributed by atoms with Gasteiger partial charge >= 0.3 is 0 Å². The second-order valence-electron chi connectivity index (χ2n) is 7.91. The SMILES string of the molecule is Cc1ccc(C(=O)[C@H]2C(c3ccccc3OCC#N)=NO[C@@]23C(=O)Nc2ccccc23)cc1. The van der Waals surface area contributed by atoms with Gasteiger partial charge in [0.1, 0.15) is 23.4 Å². The second-order valence-corrected chi connectivity index (χ2v) is 7.91. The fourth-order valence-electron chi connectivity index (χ4n) is 4.36. The van der Waals surface area contributed by atoms with Gasteiger partial charge in [0.15, 0.2) is 12.4 Å². The molecule has 3 aromatic rings. The number of nitriles is 1. The highest BCUT2D eigenvalue weighted by Crippen LogP contribution is 2.50. The molecule has 33 heavy (non-hydrogen) atoms. The third-order valence-corrected chi connectivity index (χ3v) is 5.93. The van der Waals surface area contributed by atoms with Crippen LogP contribution in [0.3, 0.4) is 0 Å². The molecule has 0 unspecified atom stereocenters. The number of para-hydroxylation sites is 2. The quantitative estimate of drug-likeness (QED) is 0.609. The number of ether oxygens (including phenoxy) is 1. The molecule has 1 spiro atoms. The number of hydrogen-bond acceptors (Lipinski definition) is 6. The Morgan fingerprint density at radius 1 is 1.12 bits per heavy atom. The van der Waals surface area contributed by atoms with Crippen LogP contribution in [0, 0.1) is 24.2 Å². The summed E-state index contributed by atoms with van der Waals surface area (Å²) in [6.07, 6.45) is 0. The minimum atomic E-state index is -1.64. The fourth-order valence-corrected chi connectivity index (χ4v) is 4.36. The fraction of sp³-hybridized carbons (Fsp3) is 0.154. The molecule has 0 bridgehead atoms. The van der Waals surface area contributed by atoms with E-state index in [1.165, 1.54) is 0 Å². The zero-order chi connectivity index (χ0) is 23.0. The summed E-state index contributed by atoms with van der Waals surface area (Å²) in [5, 5.41) is 16.1. The van der Waals surface area contributed by atoms with Crippen molar-refractivity contribution in [3.8, 4) is 11.8 Å². The molecule has 0 aliphatic carbocycles. The van der Waals surface area contributed by atoms with Crippen LogP contribution in [0.2, 0.25) is 0 Å². The van der Waals surface area contributed by atoms with E-state index in [1.54, 1.807) is 60.7 Å². The molecule has 0 saturated heterocycles. The third kappa shape index (κ3) is 3.15. The number of fused-ring (bicyclic) bond motifs is 2. The van der Waals surface area contributed by atoms with Gasteiger partial charge in [-0.25, -0.2) is 0 Å². The van der Waals surface area contributed by atoms with Crippen LogP contribution in [0.25, 0.3) is 0 Å².